The van der Waals surface area contributed by atoms with E-state index < -0.39 is 0 Å². The first-order chi connectivity index (χ1) is 14.0. The lowest BCUT2D eigenvalue weighted by Gasteiger charge is -2.22. The number of ether oxygens (including phenoxy) is 1. The fourth-order valence-electron chi connectivity index (χ4n) is 4.13. The molecule has 2 saturated heterocycles. The molecule has 7 nitrogen and oxygen atoms in total. The average Bonchev–Trinajstić information content (AvgIpc) is 3.31. The summed E-state index contributed by atoms with van der Waals surface area (Å²) in [6.07, 6.45) is 1.59. The minimum atomic E-state index is -0.156. The van der Waals surface area contributed by atoms with Crippen LogP contribution in [0.25, 0.3) is 0 Å². The van der Waals surface area contributed by atoms with E-state index in [1.165, 1.54) is 7.11 Å². The van der Waals surface area contributed by atoms with E-state index in [9.17, 15) is 9.59 Å². The Labute approximate surface area is 173 Å². The Hall–Kier alpha value is -2.57. The van der Waals surface area contributed by atoms with Gasteiger partial charge < -0.3 is 19.9 Å². The van der Waals surface area contributed by atoms with Gasteiger partial charge in [0.05, 0.1) is 19.6 Å². The van der Waals surface area contributed by atoms with Gasteiger partial charge in [-0.15, -0.1) is 0 Å². The van der Waals surface area contributed by atoms with E-state index in [-0.39, 0.29) is 23.7 Å². The second-order valence-electron chi connectivity index (χ2n) is 7.87. The van der Waals surface area contributed by atoms with E-state index in [2.05, 4.69) is 29.3 Å². The number of likely N-dealkylation sites (tertiary alicyclic amines) is 2. The summed E-state index contributed by atoms with van der Waals surface area (Å²) in [6, 6.07) is 8.18. The van der Waals surface area contributed by atoms with Crippen LogP contribution in [0.1, 0.15) is 37.8 Å². The van der Waals surface area contributed by atoms with Crippen LogP contribution in [0.3, 0.4) is 0 Å². The normalized spacial score (nSPS) is 22.3. The second kappa shape index (κ2) is 9.76. The van der Waals surface area contributed by atoms with Crippen LogP contribution in [0.2, 0.25) is 0 Å². The molecule has 2 heterocycles. The third-order valence-electron chi connectivity index (χ3n) is 5.80. The highest BCUT2D eigenvalue weighted by Crippen LogP contribution is 2.24. The van der Waals surface area contributed by atoms with E-state index in [0.29, 0.717) is 26.1 Å². The fourth-order valence-corrected chi connectivity index (χ4v) is 4.13. The molecule has 7 heteroatoms. The molecule has 0 radical (unpaired) electrons. The monoisotopic (exact) mass is 400 g/mol. The molecule has 2 unspecified atom stereocenters. The molecule has 158 valence electrons. The third kappa shape index (κ3) is 5.08. The van der Waals surface area contributed by atoms with Gasteiger partial charge >= 0.3 is 5.97 Å². The Balaban J connectivity index is 1.72. The molecule has 2 fully saturated rings. The molecule has 0 bridgehead atoms. The molecule has 2 aliphatic rings. The van der Waals surface area contributed by atoms with Crippen LogP contribution in [0, 0.1) is 11.8 Å². The number of rotatable bonds is 6. The Morgan fingerprint density at radius 1 is 1.28 bits per heavy atom. The van der Waals surface area contributed by atoms with Crippen molar-refractivity contribution in [3.05, 3.63) is 35.4 Å². The maximum Gasteiger partial charge on any atom is 0.310 e. The zero-order valence-corrected chi connectivity index (χ0v) is 17.7. The Kier molecular flexibility index (Phi) is 7.12. The summed E-state index contributed by atoms with van der Waals surface area (Å²) in [6.45, 7) is 8.28. The van der Waals surface area contributed by atoms with Gasteiger partial charge in [-0.1, -0.05) is 31.2 Å². The predicted molar refractivity (Wildman–Crippen MR) is 112 cm³/mol. The average molecular weight is 401 g/mol. The minimum absolute atomic E-state index is 0.127. The lowest BCUT2D eigenvalue weighted by molar-refractivity contribution is -0.146. The minimum Gasteiger partial charge on any atom is -0.469 e. The number of nitrogens with zero attached hydrogens (tertiary/aromatic N) is 3. The fraction of sp³-hybridized carbons (Fsp3) is 0.591. The van der Waals surface area contributed by atoms with E-state index in [0.717, 1.165) is 43.1 Å². The van der Waals surface area contributed by atoms with Gasteiger partial charge in [-0.25, -0.2) is 4.99 Å². The van der Waals surface area contributed by atoms with Gasteiger partial charge in [0, 0.05) is 39.1 Å². The number of esters is 1. The summed E-state index contributed by atoms with van der Waals surface area (Å²) in [5, 5.41) is 3.35. The molecule has 3 rings (SSSR count). The first-order valence-corrected chi connectivity index (χ1v) is 10.5. The Morgan fingerprint density at radius 3 is 2.69 bits per heavy atom. The molecule has 2 atom stereocenters. The van der Waals surface area contributed by atoms with E-state index in [1.807, 2.05) is 24.0 Å². The highest BCUT2D eigenvalue weighted by molar-refractivity contribution is 5.82. The van der Waals surface area contributed by atoms with Crippen LogP contribution in [-0.2, 0) is 27.4 Å². The highest BCUT2D eigenvalue weighted by Gasteiger charge is 2.36. The Bertz CT molecular complexity index is 764. The summed E-state index contributed by atoms with van der Waals surface area (Å²) in [5.41, 5.74) is 2.27. The van der Waals surface area contributed by atoms with E-state index in [1.54, 1.807) is 0 Å². The molecule has 1 aromatic carbocycles. The standard InChI is InChI=1S/C22H32N4O3/c1-4-23-22(26-13-16(2)19(15-26)21(28)29-3)24-12-17-8-5-6-9-18(17)14-25-11-7-10-20(25)27/h5-6,8-9,16,19H,4,7,10-15H2,1-3H3,(H,23,24). The van der Waals surface area contributed by atoms with Crippen molar-refractivity contribution in [2.24, 2.45) is 16.8 Å². The number of methoxy groups -OCH3 is 1. The summed E-state index contributed by atoms with van der Waals surface area (Å²) >= 11 is 0. The zero-order valence-electron chi connectivity index (χ0n) is 17.7. The second-order valence-corrected chi connectivity index (χ2v) is 7.87. The number of benzene rings is 1. The van der Waals surface area contributed by atoms with Crippen molar-refractivity contribution >= 4 is 17.8 Å². The zero-order chi connectivity index (χ0) is 20.8. The number of aliphatic imine (C=N–C) groups is 1. The summed E-state index contributed by atoms with van der Waals surface area (Å²) in [7, 11) is 1.44. The van der Waals surface area contributed by atoms with Crippen molar-refractivity contribution < 1.29 is 14.3 Å². The summed E-state index contributed by atoms with van der Waals surface area (Å²) in [4.78, 5) is 32.9. The van der Waals surface area contributed by atoms with Crippen LogP contribution in [-0.4, -0.2) is 60.9 Å². The van der Waals surface area contributed by atoms with Gasteiger partial charge in [0.2, 0.25) is 5.91 Å². The van der Waals surface area contributed by atoms with Crippen molar-refractivity contribution in [2.75, 3.05) is 33.3 Å². The molecule has 1 aromatic rings. The predicted octanol–water partition coefficient (Wildman–Crippen LogP) is 2.02. The number of nitrogens with one attached hydrogen (secondary N) is 1. The third-order valence-corrected chi connectivity index (χ3v) is 5.80. The van der Waals surface area contributed by atoms with Crippen molar-refractivity contribution in [2.45, 2.75) is 39.8 Å². The van der Waals surface area contributed by atoms with Gasteiger partial charge in [0.15, 0.2) is 5.96 Å². The number of hydrogen-bond acceptors (Lipinski definition) is 4. The number of carbonyl (C=O) groups excluding carboxylic acids is 2. The molecule has 2 aliphatic heterocycles. The van der Waals surface area contributed by atoms with Crippen molar-refractivity contribution in [1.82, 2.24) is 15.1 Å². The topological polar surface area (TPSA) is 74.2 Å². The lowest BCUT2D eigenvalue weighted by Crippen LogP contribution is -2.40. The first kappa shape index (κ1) is 21.1. The maximum absolute atomic E-state index is 12.0. The number of carbonyl (C=O) groups is 2. The van der Waals surface area contributed by atoms with Crippen molar-refractivity contribution in [3.8, 4) is 0 Å². The Morgan fingerprint density at radius 2 is 2.03 bits per heavy atom. The van der Waals surface area contributed by atoms with Gasteiger partial charge in [0.25, 0.3) is 0 Å². The first-order valence-electron chi connectivity index (χ1n) is 10.5. The largest absolute Gasteiger partial charge is 0.469 e. The molecule has 0 saturated carbocycles. The summed E-state index contributed by atoms with van der Waals surface area (Å²) in [5.74, 6) is 0.989. The van der Waals surface area contributed by atoms with Crippen molar-refractivity contribution in [1.29, 1.82) is 0 Å². The lowest BCUT2D eigenvalue weighted by atomic mass is 9.99. The van der Waals surface area contributed by atoms with E-state index >= 15 is 0 Å². The molecular formula is C22H32N4O3. The SMILES string of the molecule is CCNC(=NCc1ccccc1CN1CCCC1=O)N1CC(C)C(C(=O)OC)C1. The van der Waals surface area contributed by atoms with Crippen LogP contribution in [0.4, 0.5) is 0 Å². The van der Waals surface area contributed by atoms with Crippen LogP contribution in [0.5, 0.6) is 0 Å². The molecule has 1 N–H and O–H groups in total. The molecule has 0 spiro atoms. The molecular weight excluding hydrogens is 368 g/mol. The summed E-state index contributed by atoms with van der Waals surface area (Å²) < 4.78 is 4.95. The molecule has 0 aromatic heterocycles. The van der Waals surface area contributed by atoms with Crippen molar-refractivity contribution in [3.63, 3.8) is 0 Å². The van der Waals surface area contributed by atoms with Gasteiger partial charge in [-0.2, -0.15) is 0 Å². The molecule has 0 aliphatic carbocycles. The van der Waals surface area contributed by atoms with Gasteiger partial charge in [-0.3, -0.25) is 9.59 Å². The van der Waals surface area contributed by atoms with Crippen LogP contribution < -0.4 is 5.32 Å². The maximum atomic E-state index is 12.0. The smallest absolute Gasteiger partial charge is 0.310 e. The van der Waals surface area contributed by atoms with Crippen LogP contribution >= 0.6 is 0 Å². The van der Waals surface area contributed by atoms with Gasteiger partial charge in [-0.05, 0) is 30.4 Å². The molecule has 1 amide bonds. The highest BCUT2D eigenvalue weighted by atomic mass is 16.5. The quantitative estimate of drug-likeness (QED) is 0.449. The van der Waals surface area contributed by atoms with E-state index in [4.69, 9.17) is 9.73 Å². The number of hydrogen-bond donors (Lipinski definition) is 1. The number of amides is 1. The van der Waals surface area contributed by atoms with Crippen LogP contribution in [0.15, 0.2) is 29.3 Å². The number of guanidine groups is 1. The van der Waals surface area contributed by atoms with Gasteiger partial charge in [0.1, 0.15) is 0 Å². The molecule has 29 heavy (non-hydrogen) atoms.